The van der Waals surface area contributed by atoms with Gasteiger partial charge in [-0.2, -0.15) is 0 Å². The summed E-state index contributed by atoms with van der Waals surface area (Å²) in [6.45, 7) is 13.1. The summed E-state index contributed by atoms with van der Waals surface area (Å²) in [7, 11) is 0. The van der Waals surface area contributed by atoms with Gasteiger partial charge in [0, 0.05) is 23.5 Å². The zero-order valence-electron chi connectivity index (χ0n) is 21.2. The number of carbonyl (C=O) groups is 3. The summed E-state index contributed by atoms with van der Waals surface area (Å²) in [6.07, 6.45) is 3.94. The lowest BCUT2D eigenvalue weighted by molar-refractivity contribution is -0.127. The van der Waals surface area contributed by atoms with E-state index in [2.05, 4.69) is 61.4 Å². The number of benzene rings is 2. The number of anilines is 2. The first-order valence-electron chi connectivity index (χ1n) is 11.8. The first-order valence-corrected chi connectivity index (χ1v) is 11.8. The largest absolute Gasteiger partial charge is 0.363 e. The third-order valence-electron chi connectivity index (χ3n) is 6.58. The summed E-state index contributed by atoms with van der Waals surface area (Å²) in [5, 5.41) is 5.35. The van der Waals surface area contributed by atoms with Crippen LogP contribution in [0.25, 0.3) is 11.6 Å². The van der Waals surface area contributed by atoms with Crippen LogP contribution in [0.2, 0.25) is 0 Å². The number of imide groups is 1. The van der Waals surface area contributed by atoms with Crippen LogP contribution in [-0.4, -0.2) is 41.4 Å². The Morgan fingerprint density at radius 2 is 1.77 bits per heavy atom. The topological polar surface area (TPSA) is 81.8 Å². The molecule has 7 heteroatoms. The zero-order valence-corrected chi connectivity index (χ0v) is 21.2. The van der Waals surface area contributed by atoms with Gasteiger partial charge in [-0.3, -0.25) is 9.59 Å². The molecule has 0 atom stereocenters. The molecular formula is C28H32N4O3. The summed E-state index contributed by atoms with van der Waals surface area (Å²) < 4.78 is 0. The number of urea groups is 1. The van der Waals surface area contributed by atoms with E-state index < -0.39 is 17.8 Å². The Labute approximate surface area is 206 Å². The summed E-state index contributed by atoms with van der Waals surface area (Å²) in [5.74, 6) is -0.957. The van der Waals surface area contributed by atoms with Gasteiger partial charge in [-0.15, -0.1) is 0 Å². The highest BCUT2D eigenvalue weighted by Gasteiger charge is 2.35. The highest BCUT2D eigenvalue weighted by atomic mass is 16.2. The molecule has 2 aromatic carbocycles. The van der Waals surface area contributed by atoms with E-state index in [1.807, 2.05) is 26.0 Å². The maximum absolute atomic E-state index is 13.0. The molecule has 2 aliphatic heterocycles. The van der Waals surface area contributed by atoms with Crippen LogP contribution in [-0.2, 0) is 9.59 Å². The van der Waals surface area contributed by atoms with Crippen molar-refractivity contribution in [1.82, 2.24) is 10.2 Å². The molecule has 7 nitrogen and oxygen atoms in total. The van der Waals surface area contributed by atoms with Crippen molar-refractivity contribution in [3.05, 3.63) is 70.4 Å². The molecule has 0 aliphatic carbocycles. The highest BCUT2D eigenvalue weighted by Crippen LogP contribution is 2.40. The molecule has 4 amide bonds. The molecule has 1 fully saturated rings. The monoisotopic (exact) mass is 472 g/mol. The molecule has 182 valence electrons. The van der Waals surface area contributed by atoms with Gasteiger partial charge in [-0.25, -0.2) is 9.69 Å². The summed E-state index contributed by atoms with van der Waals surface area (Å²) in [5.41, 5.74) is 7.04. The molecule has 0 radical (unpaired) electrons. The molecule has 0 saturated carbocycles. The molecule has 0 aromatic heterocycles. The minimum atomic E-state index is -0.606. The smallest absolute Gasteiger partial charge is 0.329 e. The molecular weight excluding hydrogens is 440 g/mol. The molecule has 0 spiro atoms. The predicted molar refractivity (Wildman–Crippen MR) is 140 cm³/mol. The van der Waals surface area contributed by atoms with E-state index in [0.717, 1.165) is 39.4 Å². The number of fused-ring (bicyclic) bond motifs is 1. The number of nitrogens with one attached hydrogen (secondary N) is 2. The number of rotatable bonds is 5. The van der Waals surface area contributed by atoms with E-state index in [1.54, 1.807) is 18.2 Å². The molecule has 0 unspecified atom stereocenters. The fourth-order valence-corrected chi connectivity index (χ4v) is 4.83. The number of carbonyl (C=O) groups excluding carboxylic acids is 3. The van der Waals surface area contributed by atoms with E-state index >= 15 is 0 Å². The second-order valence-corrected chi connectivity index (χ2v) is 9.74. The first-order chi connectivity index (χ1) is 16.5. The number of allylic oxidation sites excluding steroid dienone is 1. The average molecular weight is 473 g/mol. The summed E-state index contributed by atoms with van der Waals surface area (Å²) in [4.78, 5) is 41.2. The molecule has 4 rings (SSSR count). The SMILES string of the molecule is CCN1c2cc(C)c(/C=C3/NC(=O)N(CC(=O)Nc4ccc(C)cc4)C3=O)cc2C(C)=CC1(C)C. The van der Waals surface area contributed by atoms with E-state index in [9.17, 15) is 14.4 Å². The number of nitrogens with zero attached hydrogens (tertiary/aromatic N) is 2. The Balaban J connectivity index is 1.56. The lowest BCUT2D eigenvalue weighted by Gasteiger charge is -2.43. The van der Waals surface area contributed by atoms with Gasteiger partial charge in [0.15, 0.2) is 0 Å². The Kier molecular flexibility index (Phi) is 6.28. The van der Waals surface area contributed by atoms with E-state index in [-0.39, 0.29) is 17.8 Å². The first kappa shape index (κ1) is 24.3. The second-order valence-electron chi connectivity index (χ2n) is 9.74. The van der Waals surface area contributed by atoms with Gasteiger partial charge >= 0.3 is 6.03 Å². The standard InChI is InChI=1S/C28H32N4O3/c1-7-32-24-12-18(3)20(13-22(24)19(4)15-28(32,5)6)14-23-26(34)31(27(35)30-23)16-25(33)29-21-10-8-17(2)9-11-21/h8-15H,7,16H2,1-6H3,(H,29,33)(H,30,35)/b23-14+. The number of hydrogen-bond donors (Lipinski definition) is 2. The number of amides is 4. The van der Waals surface area contributed by atoms with Gasteiger partial charge in [-0.05, 0) is 88.6 Å². The van der Waals surface area contributed by atoms with Crippen LogP contribution in [0, 0.1) is 13.8 Å². The third kappa shape index (κ3) is 4.71. The Morgan fingerprint density at radius 3 is 2.43 bits per heavy atom. The van der Waals surface area contributed by atoms with Crippen molar-refractivity contribution in [3.63, 3.8) is 0 Å². The van der Waals surface area contributed by atoms with Crippen molar-refractivity contribution >= 4 is 40.9 Å². The van der Waals surface area contributed by atoms with E-state index in [1.165, 1.54) is 5.57 Å². The minimum Gasteiger partial charge on any atom is -0.363 e. The van der Waals surface area contributed by atoms with Crippen molar-refractivity contribution in [2.45, 2.75) is 47.1 Å². The van der Waals surface area contributed by atoms with Crippen LogP contribution in [0.1, 0.15) is 49.9 Å². The molecule has 2 aromatic rings. The zero-order chi connectivity index (χ0) is 25.5. The summed E-state index contributed by atoms with van der Waals surface area (Å²) >= 11 is 0. The van der Waals surface area contributed by atoms with Crippen LogP contribution in [0.3, 0.4) is 0 Å². The predicted octanol–water partition coefficient (Wildman–Crippen LogP) is 4.86. The van der Waals surface area contributed by atoms with Gasteiger partial charge < -0.3 is 15.5 Å². The van der Waals surface area contributed by atoms with Crippen LogP contribution in [0.15, 0.2) is 48.2 Å². The molecule has 1 saturated heterocycles. The highest BCUT2D eigenvalue weighted by molar-refractivity contribution is 6.16. The molecule has 2 N–H and O–H groups in total. The Hall–Kier alpha value is -3.87. The molecule has 2 aliphatic rings. The number of likely N-dealkylation sites (N-methyl/N-ethyl adjacent to an activating group) is 1. The molecule has 0 bridgehead atoms. The lowest BCUT2D eigenvalue weighted by Crippen LogP contribution is -2.44. The van der Waals surface area contributed by atoms with Crippen molar-refractivity contribution < 1.29 is 14.4 Å². The molecule has 2 heterocycles. The van der Waals surface area contributed by atoms with Gasteiger partial charge in [-0.1, -0.05) is 23.8 Å². The van der Waals surface area contributed by atoms with Gasteiger partial charge in [0.05, 0.1) is 5.54 Å². The number of hydrogen-bond acceptors (Lipinski definition) is 4. The second kappa shape index (κ2) is 9.06. The average Bonchev–Trinajstić information content (AvgIpc) is 3.03. The van der Waals surface area contributed by atoms with E-state index in [0.29, 0.717) is 5.69 Å². The van der Waals surface area contributed by atoms with Crippen molar-refractivity contribution in [2.24, 2.45) is 0 Å². The van der Waals surface area contributed by atoms with Crippen LogP contribution in [0.5, 0.6) is 0 Å². The van der Waals surface area contributed by atoms with E-state index in [4.69, 9.17) is 0 Å². The van der Waals surface area contributed by atoms with Gasteiger partial charge in [0.2, 0.25) is 5.91 Å². The maximum atomic E-state index is 13.0. The van der Waals surface area contributed by atoms with Crippen molar-refractivity contribution in [1.29, 1.82) is 0 Å². The Bertz CT molecular complexity index is 1270. The summed E-state index contributed by atoms with van der Waals surface area (Å²) in [6, 6.07) is 10.9. The normalized spacial score (nSPS) is 17.9. The molecule has 35 heavy (non-hydrogen) atoms. The minimum absolute atomic E-state index is 0.0900. The van der Waals surface area contributed by atoms with Crippen LogP contribution in [0.4, 0.5) is 16.2 Å². The van der Waals surface area contributed by atoms with Gasteiger partial charge in [0.25, 0.3) is 5.91 Å². The number of aryl methyl sites for hydroxylation is 2. The van der Waals surface area contributed by atoms with Crippen LogP contribution >= 0.6 is 0 Å². The maximum Gasteiger partial charge on any atom is 0.329 e. The Morgan fingerprint density at radius 1 is 1.09 bits per heavy atom. The fourth-order valence-electron chi connectivity index (χ4n) is 4.83. The van der Waals surface area contributed by atoms with Gasteiger partial charge in [0.1, 0.15) is 12.2 Å². The lowest BCUT2D eigenvalue weighted by atomic mass is 9.87. The quantitative estimate of drug-likeness (QED) is 0.481. The fraction of sp³-hybridized carbons (Fsp3) is 0.321. The van der Waals surface area contributed by atoms with Crippen molar-refractivity contribution in [3.8, 4) is 0 Å². The third-order valence-corrected chi connectivity index (χ3v) is 6.58. The van der Waals surface area contributed by atoms with Crippen LogP contribution < -0.4 is 15.5 Å². The van der Waals surface area contributed by atoms with Crippen molar-refractivity contribution in [2.75, 3.05) is 23.3 Å².